The summed E-state index contributed by atoms with van der Waals surface area (Å²) in [5.41, 5.74) is 0.525. The summed E-state index contributed by atoms with van der Waals surface area (Å²) in [5, 5.41) is 10.5. The van der Waals surface area contributed by atoms with Gasteiger partial charge in [0.15, 0.2) is 11.1 Å². The van der Waals surface area contributed by atoms with Crippen molar-refractivity contribution in [2.45, 2.75) is 37.4 Å². The zero-order chi connectivity index (χ0) is 15.8. The Kier molecular flexibility index (Phi) is 4.46. The first-order valence-electron chi connectivity index (χ1n) is 6.46. The number of nitro benzene ring substituents is 1. The average Bonchev–Trinajstić information content (AvgIpc) is 2.35. The summed E-state index contributed by atoms with van der Waals surface area (Å²) in [6, 6.07) is 2.61. The lowest BCUT2D eigenvalue weighted by atomic mass is 9.77. The third-order valence-electron chi connectivity index (χ3n) is 4.00. The topological polar surface area (TPSA) is 97.5 Å². The van der Waals surface area contributed by atoms with E-state index >= 15 is 0 Å². The highest BCUT2D eigenvalue weighted by Crippen LogP contribution is 2.49. The molecule has 0 aromatic heterocycles. The van der Waals surface area contributed by atoms with Crippen LogP contribution in [-0.4, -0.2) is 18.9 Å². The lowest BCUT2D eigenvalue weighted by Gasteiger charge is -2.38. The molecule has 1 saturated carbocycles. The summed E-state index contributed by atoms with van der Waals surface area (Å²) in [6.07, 6.45) is 2.01. The fourth-order valence-electron chi connectivity index (χ4n) is 2.66. The van der Waals surface area contributed by atoms with Gasteiger partial charge in [-0.2, -0.15) is 0 Å². The summed E-state index contributed by atoms with van der Waals surface area (Å²) < 4.78 is 20.2. The van der Waals surface area contributed by atoms with E-state index in [1.807, 2.05) is 0 Å². The predicted molar refractivity (Wildman–Crippen MR) is 79.0 cm³/mol. The number of halogens is 1. The maximum absolute atomic E-state index is 11.7. The Labute approximate surface area is 128 Å². The zero-order valence-corrected chi connectivity index (χ0v) is 12.9. The number of carbonyl (C=O) groups excluding carboxylic acids is 1. The van der Waals surface area contributed by atoms with Crippen molar-refractivity contribution in [2.24, 2.45) is 0 Å². The smallest absolute Gasteiger partial charge is 0.274 e. The molecule has 1 atom stereocenters. The number of rotatable bonds is 5. The maximum atomic E-state index is 11.7. The molecule has 0 heterocycles. The third-order valence-corrected chi connectivity index (χ3v) is 5.50. The molecule has 0 saturated heterocycles. The molecule has 114 valence electrons. The van der Waals surface area contributed by atoms with E-state index in [0.29, 0.717) is 24.8 Å². The van der Waals surface area contributed by atoms with Gasteiger partial charge in [-0.25, -0.2) is 4.21 Å². The quantitative estimate of drug-likeness (QED) is 0.387. The first-order valence-corrected chi connectivity index (χ1v) is 7.94. The standard InChI is InChI=1S/C13H14ClNO5S/c1-2-8-6-10(13(21(19)20)4-3-5-13)11(15(17)18)7-9(8)12(14)16/h6-7H,2-5H2,1H3,(H,19,20). The van der Waals surface area contributed by atoms with Crippen LogP contribution in [-0.2, 0) is 22.2 Å². The summed E-state index contributed by atoms with van der Waals surface area (Å²) in [4.78, 5) is 22.1. The number of nitrogens with zero attached hydrogens (tertiary/aromatic N) is 1. The molecule has 0 amide bonds. The van der Waals surface area contributed by atoms with E-state index in [0.717, 1.165) is 12.5 Å². The monoisotopic (exact) mass is 331 g/mol. The van der Waals surface area contributed by atoms with Crippen molar-refractivity contribution in [2.75, 3.05) is 0 Å². The van der Waals surface area contributed by atoms with E-state index in [-0.39, 0.29) is 16.8 Å². The van der Waals surface area contributed by atoms with E-state index in [1.165, 1.54) is 6.07 Å². The number of aryl methyl sites for hydroxylation is 1. The van der Waals surface area contributed by atoms with Gasteiger partial charge in [-0.1, -0.05) is 6.92 Å². The minimum absolute atomic E-state index is 0.0767. The van der Waals surface area contributed by atoms with E-state index < -0.39 is 26.0 Å². The van der Waals surface area contributed by atoms with Crippen LogP contribution in [0.3, 0.4) is 0 Å². The van der Waals surface area contributed by atoms with E-state index in [4.69, 9.17) is 11.6 Å². The SMILES string of the molecule is CCc1cc(C2(S(=O)O)CCC2)c([N+](=O)[O-])cc1C(=O)Cl. The summed E-state index contributed by atoms with van der Waals surface area (Å²) >= 11 is 3.26. The number of carbonyl (C=O) groups is 1. The van der Waals surface area contributed by atoms with Crippen LogP contribution in [0.1, 0.15) is 47.7 Å². The maximum Gasteiger partial charge on any atom is 0.274 e. The molecule has 1 unspecified atom stereocenters. The summed E-state index contributed by atoms with van der Waals surface area (Å²) in [7, 11) is 0. The minimum atomic E-state index is -2.21. The molecule has 8 heteroatoms. The molecule has 1 aromatic rings. The Morgan fingerprint density at radius 1 is 1.52 bits per heavy atom. The Morgan fingerprint density at radius 3 is 2.48 bits per heavy atom. The van der Waals surface area contributed by atoms with Crippen molar-refractivity contribution in [3.8, 4) is 0 Å². The molecule has 1 aliphatic rings. The minimum Gasteiger partial charge on any atom is -0.305 e. The Hall–Kier alpha value is -1.31. The first-order chi connectivity index (χ1) is 9.83. The van der Waals surface area contributed by atoms with Crippen molar-refractivity contribution in [3.63, 3.8) is 0 Å². The van der Waals surface area contributed by atoms with Crippen LogP contribution in [0.25, 0.3) is 0 Å². The highest BCUT2D eigenvalue weighted by Gasteiger charge is 2.48. The van der Waals surface area contributed by atoms with Crippen molar-refractivity contribution in [1.82, 2.24) is 0 Å². The molecule has 21 heavy (non-hydrogen) atoms. The first kappa shape index (κ1) is 16.1. The van der Waals surface area contributed by atoms with Gasteiger partial charge in [0, 0.05) is 11.6 Å². The van der Waals surface area contributed by atoms with Crippen molar-refractivity contribution < 1.29 is 18.5 Å². The van der Waals surface area contributed by atoms with Gasteiger partial charge in [0.1, 0.15) is 4.75 Å². The second kappa shape index (κ2) is 5.82. The normalized spacial score (nSPS) is 17.9. The van der Waals surface area contributed by atoms with Gasteiger partial charge in [-0.3, -0.25) is 14.9 Å². The number of nitro groups is 1. The highest BCUT2D eigenvalue weighted by molar-refractivity contribution is 7.80. The van der Waals surface area contributed by atoms with Gasteiger partial charge in [-0.15, -0.1) is 0 Å². The molecule has 6 nitrogen and oxygen atoms in total. The summed E-state index contributed by atoms with van der Waals surface area (Å²) in [6.45, 7) is 1.79. The largest absolute Gasteiger partial charge is 0.305 e. The summed E-state index contributed by atoms with van der Waals surface area (Å²) in [5.74, 6) is 0. The average molecular weight is 332 g/mol. The molecule has 1 aliphatic carbocycles. The molecular formula is C13H14ClNO5S. The van der Waals surface area contributed by atoms with Gasteiger partial charge >= 0.3 is 0 Å². The number of hydrogen-bond donors (Lipinski definition) is 1. The van der Waals surface area contributed by atoms with Gasteiger partial charge in [0.2, 0.25) is 0 Å². The lowest BCUT2D eigenvalue weighted by Crippen LogP contribution is -2.39. The van der Waals surface area contributed by atoms with Crippen molar-refractivity contribution in [1.29, 1.82) is 0 Å². The van der Waals surface area contributed by atoms with Crippen LogP contribution in [0.4, 0.5) is 5.69 Å². The van der Waals surface area contributed by atoms with E-state index in [1.54, 1.807) is 6.92 Å². The van der Waals surface area contributed by atoms with Gasteiger partial charge in [0.25, 0.3) is 10.9 Å². The van der Waals surface area contributed by atoms with Gasteiger partial charge in [-0.05, 0) is 48.9 Å². The molecular weight excluding hydrogens is 318 g/mol. The van der Waals surface area contributed by atoms with Gasteiger partial charge < -0.3 is 4.55 Å². The molecule has 2 rings (SSSR count). The fourth-order valence-corrected chi connectivity index (χ4v) is 3.83. The molecule has 1 fully saturated rings. The zero-order valence-electron chi connectivity index (χ0n) is 11.3. The molecule has 1 N–H and O–H groups in total. The van der Waals surface area contributed by atoms with E-state index in [2.05, 4.69) is 0 Å². The van der Waals surface area contributed by atoms with Crippen LogP contribution in [0.2, 0.25) is 0 Å². The van der Waals surface area contributed by atoms with Crippen LogP contribution in [0.15, 0.2) is 12.1 Å². The molecule has 0 bridgehead atoms. The van der Waals surface area contributed by atoms with E-state index in [9.17, 15) is 23.7 Å². The number of hydrogen-bond acceptors (Lipinski definition) is 4. The number of benzene rings is 1. The highest BCUT2D eigenvalue weighted by atomic mass is 35.5. The Bertz CT molecular complexity index is 642. The molecule has 0 spiro atoms. The van der Waals surface area contributed by atoms with Gasteiger partial charge in [0.05, 0.1) is 10.5 Å². The lowest BCUT2D eigenvalue weighted by molar-refractivity contribution is -0.386. The van der Waals surface area contributed by atoms with Crippen LogP contribution >= 0.6 is 11.6 Å². The third kappa shape index (κ3) is 2.61. The Balaban J connectivity index is 2.73. The van der Waals surface area contributed by atoms with Crippen LogP contribution in [0.5, 0.6) is 0 Å². The van der Waals surface area contributed by atoms with Crippen LogP contribution < -0.4 is 0 Å². The molecule has 0 aliphatic heterocycles. The van der Waals surface area contributed by atoms with Crippen molar-refractivity contribution >= 4 is 33.6 Å². The fraction of sp³-hybridized carbons (Fsp3) is 0.462. The molecule has 0 radical (unpaired) electrons. The molecule has 1 aromatic carbocycles. The van der Waals surface area contributed by atoms with Crippen molar-refractivity contribution in [3.05, 3.63) is 38.9 Å². The Morgan fingerprint density at radius 2 is 2.14 bits per heavy atom. The van der Waals surface area contributed by atoms with Crippen LogP contribution in [0, 0.1) is 10.1 Å². The predicted octanol–water partition coefficient (Wildman–Crippen LogP) is 3.14. The second-order valence-corrected chi connectivity index (χ2v) is 6.63. The second-order valence-electron chi connectivity index (χ2n) is 5.01.